The van der Waals surface area contributed by atoms with Gasteiger partial charge in [-0.1, -0.05) is 13.3 Å². The predicted octanol–water partition coefficient (Wildman–Crippen LogP) is 0.305. The van der Waals surface area contributed by atoms with Gasteiger partial charge in [-0.15, -0.1) is 0 Å². The standard InChI is InChI=1S/C11H16N2O3/c1-2-3-4-12-8-9(11(15)10(8)14)13-7-5-16-6-7/h7,12-13H,2-6H2,1H3. The minimum Gasteiger partial charge on any atom is -0.380 e. The van der Waals surface area contributed by atoms with Gasteiger partial charge in [0.2, 0.25) is 0 Å². The van der Waals surface area contributed by atoms with Gasteiger partial charge in [0.25, 0.3) is 10.9 Å². The molecule has 0 amide bonds. The Balaban J connectivity index is 1.97. The monoisotopic (exact) mass is 224 g/mol. The van der Waals surface area contributed by atoms with Crippen molar-refractivity contribution in [1.29, 1.82) is 0 Å². The van der Waals surface area contributed by atoms with Gasteiger partial charge < -0.3 is 15.4 Å². The van der Waals surface area contributed by atoms with E-state index < -0.39 is 10.9 Å². The van der Waals surface area contributed by atoms with Crippen LogP contribution >= 0.6 is 0 Å². The van der Waals surface area contributed by atoms with Crippen LogP contribution in [0.15, 0.2) is 9.59 Å². The largest absolute Gasteiger partial charge is 0.380 e. The summed E-state index contributed by atoms with van der Waals surface area (Å²) in [5.74, 6) is 0. The Kier molecular flexibility index (Phi) is 3.24. The number of nitrogens with one attached hydrogen (secondary N) is 2. The van der Waals surface area contributed by atoms with Crippen molar-refractivity contribution in [1.82, 2.24) is 0 Å². The fourth-order valence-electron chi connectivity index (χ4n) is 1.61. The second kappa shape index (κ2) is 4.65. The molecule has 0 unspecified atom stereocenters. The molecule has 0 atom stereocenters. The third kappa shape index (κ3) is 1.95. The van der Waals surface area contributed by atoms with Gasteiger partial charge in [-0.2, -0.15) is 0 Å². The Hall–Kier alpha value is -1.36. The van der Waals surface area contributed by atoms with E-state index in [1.165, 1.54) is 0 Å². The molecule has 0 spiro atoms. The molecule has 0 bridgehead atoms. The zero-order valence-electron chi connectivity index (χ0n) is 9.34. The van der Waals surface area contributed by atoms with Crippen LogP contribution < -0.4 is 21.5 Å². The molecule has 0 saturated carbocycles. The van der Waals surface area contributed by atoms with Crippen LogP contribution in [0.4, 0.5) is 11.4 Å². The van der Waals surface area contributed by atoms with E-state index in [2.05, 4.69) is 17.6 Å². The molecule has 0 aliphatic carbocycles. The molecule has 1 aromatic rings. The normalized spacial score (nSPS) is 16.1. The van der Waals surface area contributed by atoms with E-state index in [0.29, 0.717) is 24.6 Å². The highest BCUT2D eigenvalue weighted by Gasteiger charge is 2.26. The van der Waals surface area contributed by atoms with Crippen molar-refractivity contribution in [2.24, 2.45) is 0 Å². The first-order chi connectivity index (χ1) is 7.74. The summed E-state index contributed by atoms with van der Waals surface area (Å²) in [7, 11) is 0. The van der Waals surface area contributed by atoms with Crippen LogP contribution in [0.2, 0.25) is 0 Å². The van der Waals surface area contributed by atoms with Gasteiger partial charge in [0.05, 0.1) is 19.3 Å². The van der Waals surface area contributed by atoms with Crippen molar-refractivity contribution >= 4 is 11.4 Å². The lowest BCUT2D eigenvalue weighted by atomic mass is 10.1. The van der Waals surface area contributed by atoms with Gasteiger partial charge in [-0.25, -0.2) is 0 Å². The second-order valence-corrected chi connectivity index (χ2v) is 4.07. The zero-order chi connectivity index (χ0) is 11.5. The fourth-order valence-corrected chi connectivity index (χ4v) is 1.61. The van der Waals surface area contributed by atoms with Crippen LogP contribution in [0.5, 0.6) is 0 Å². The molecule has 2 N–H and O–H groups in total. The maximum atomic E-state index is 11.3. The average Bonchev–Trinajstić information content (AvgIpc) is 2.24. The van der Waals surface area contributed by atoms with Crippen molar-refractivity contribution in [3.63, 3.8) is 0 Å². The van der Waals surface area contributed by atoms with Crippen LogP contribution in [0.3, 0.4) is 0 Å². The van der Waals surface area contributed by atoms with Gasteiger partial charge >= 0.3 is 0 Å². The summed E-state index contributed by atoms with van der Waals surface area (Å²) in [5, 5.41) is 6.04. The predicted molar refractivity (Wildman–Crippen MR) is 63.0 cm³/mol. The van der Waals surface area contributed by atoms with Crippen LogP contribution in [0.25, 0.3) is 0 Å². The van der Waals surface area contributed by atoms with Crippen LogP contribution in [-0.2, 0) is 4.74 Å². The molecule has 1 heterocycles. The first-order valence-electron chi connectivity index (χ1n) is 5.65. The number of rotatable bonds is 6. The second-order valence-electron chi connectivity index (χ2n) is 4.07. The Morgan fingerprint density at radius 3 is 2.50 bits per heavy atom. The molecule has 5 nitrogen and oxygen atoms in total. The summed E-state index contributed by atoms with van der Waals surface area (Å²) in [6, 6.07) is 0.176. The lowest BCUT2D eigenvalue weighted by molar-refractivity contribution is 0.0210. The molecule has 1 aromatic carbocycles. The summed E-state index contributed by atoms with van der Waals surface area (Å²) in [6.45, 7) is 4.02. The molecule has 0 radical (unpaired) electrons. The molecule has 1 saturated heterocycles. The molecule has 1 aliphatic heterocycles. The molecule has 2 rings (SSSR count). The molecule has 16 heavy (non-hydrogen) atoms. The van der Waals surface area contributed by atoms with E-state index in [9.17, 15) is 9.59 Å². The van der Waals surface area contributed by atoms with Crippen molar-refractivity contribution in [3.05, 3.63) is 20.4 Å². The number of unbranched alkanes of at least 4 members (excludes halogenated alkanes) is 1. The molecule has 1 aliphatic rings. The average molecular weight is 224 g/mol. The third-order valence-corrected chi connectivity index (χ3v) is 2.73. The Morgan fingerprint density at radius 1 is 1.25 bits per heavy atom. The van der Waals surface area contributed by atoms with Crippen LogP contribution in [0, 0.1) is 0 Å². The van der Waals surface area contributed by atoms with Crippen molar-refractivity contribution in [3.8, 4) is 0 Å². The molecule has 5 heteroatoms. The SMILES string of the molecule is CCCCNc1c(NC2COC2)c(=O)c1=O. The first kappa shape index (κ1) is 11.1. The third-order valence-electron chi connectivity index (χ3n) is 2.73. The smallest absolute Gasteiger partial charge is 0.253 e. The molecule has 0 aromatic heterocycles. The maximum absolute atomic E-state index is 11.3. The maximum Gasteiger partial charge on any atom is 0.253 e. The van der Waals surface area contributed by atoms with E-state index in [4.69, 9.17) is 4.74 Å². The number of hydrogen-bond acceptors (Lipinski definition) is 5. The highest BCUT2D eigenvalue weighted by Crippen LogP contribution is 2.17. The molecular formula is C11H16N2O3. The van der Waals surface area contributed by atoms with Gasteiger partial charge in [0, 0.05) is 6.54 Å². The zero-order valence-corrected chi connectivity index (χ0v) is 9.34. The van der Waals surface area contributed by atoms with E-state index in [1.54, 1.807) is 0 Å². The summed E-state index contributed by atoms with van der Waals surface area (Å²) in [5.41, 5.74) is 0.0736. The molecular weight excluding hydrogens is 208 g/mol. The highest BCUT2D eigenvalue weighted by atomic mass is 16.5. The van der Waals surface area contributed by atoms with Crippen LogP contribution in [0.1, 0.15) is 19.8 Å². The molecule has 1 fully saturated rings. The number of ether oxygens (including phenoxy) is 1. The number of hydrogen-bond donors (Lipinski definition) is 2. The number of anilines is 2. The van der Waals surface area contributed by atoms with Crippen molar-refractivity contribution in [2.45, 2.75) is 25.8 Å². The lowest BCUT2D eigenvalue weighted by Gasteiger charge is -2.29. The lowest BCUT2D eigenvalue weighted by Crippen LogP contribution is -2.46. The minimum absolute atomic E-state index is 0.176. The topological polar surface area (TPSA) is 67.4 Å². The summed E-state index contributed by atoms with van der Waals surface area (Å²) >= 11 is 0. The Morgan fingerprint density at radius 2 is 1.94 bits per heavy atom. The fraction of sp³-hybridized carbons (Fsp3) is 0.636. The Bertz CT molecular complexity index is 430. The minimum atomic E-state index is -0.411. The van der Waals surface area contributed by atoms with E-state index in [-0.39, 0.29) is 6.04 Å². The van der Waals surface area contributed by atoms with E-state index >= 15 is 0 Å². The summed E-state index contributed by atoms with van der Waals surface area (Å²) < 4.78 is 5.00. The Labute approximate surface area is 93.5 Å². The highest BCUT2D eigenvalue weighted by molar-refractivity contribution is 5.74. The summed E-state index contributed by atoms with van der Waals surface area (Å²) in [6.07, 6.45) is 2.05. The van der Waals surface area contributed by atoms with Gasteiger partial charge in [0.15, 0.2) is 0 Å². The van der Waals surface area contributed by atoms with Crippen LogP contribution in [-0.4, -0.2) is 25.8 Å². The van der Waals surface area contributed by atoms with Gasteiger partial charge in [-0.3, -0.25) is 9.59 Å². The van der Waals surface area contributed by atoms with E-state index in [0.717, 1.165) is 19.4 Å². The van der Waals surface area contributed by atoms with Crippen molar-refractivity contribution in [2.75, 3.05) is 30.4 Å². The molecule has 88 valence electrons. The summed E-state index contributed by atoms with van der Waals surface area (Å²) in [4.78, 5) is 22.6. The van der Waals surface area contributed by atoms with Crippen molar-refractivity contribution < 1.29 is 4.74 Å². The quantitative estimate of drug-likeness (QED) is 0.537. The van der Waals surface area contributed by atoms with E-state index in [1.807, 2.05) is 0 Å². The van der Waals surface area contributed by atoms with Gasteiger partial charge in [-0.05, 0) is 6.42 Å². The first-order valence-corrected chi connectivity index (χ1v) is 5.65. The van der Waals surface area contributed by atoms with Gasteiger partial charge in [0.1, 0.15) is 11.4 Å².